The van der Waals surface area contributed by atoms with E-state index >= 15 is 0 Å². The first kappa shape index (κ1) is 28.6. The Bertz CT molecular complexity index is 1350. The van der Waals surface area contributed by atoms with Crippen LogP contribution in [0.5, 0.6) is 0 Å². The molecule has 40 heavy (non-hydrogen) atoms. The minimum atomic E-state index is -3.31. The van der Waals surface area contributed by atoms with Gasteiger partial charge in [0.25, 0.3) is 5.91 Å². The number of nitrogens with one attached hydrogen (secondary N) is 2. The van der Waals surface area contributed by atoms with Crippen LogP contribution in [0.3, 0.4) is 0 Å². The van der Waals surface area contributed by atoms with Gasteiger partial charge in [-0.05, 0) is 62.6 Å². The number of hydrogen-bond donors (Lipinski definition) is 2. The lowest BCUT2D eigenvalue weighted by Gasteiger charge is -2.35. The minimum Gasteiger partial charge on any atom is -0.349 e. The van der Waals surface area contributed by atoms with Crippen molar-refractivity contribution in [2.24, 2.45) is 17.8 Å². The van der Waals surface area contributed by atoms with E-state index in [2.05, 4.69) is 24.9 Å². The number of carbonyl (C=O) groups is 2. The van der Waals surface area contributed by atoms with Crippen molar-refractivity contribution in [3.8, 4) is 0 Å². The molecule has 216 valence electrons. The van der Waals surface area contributed by atoms with E-state index in [4.69, 9.17) is 0 Å². The molecule has 1 aromatic carbocycles. The highest BCUT2D eigenvalue weighted by atomic mass is 32.2. The van der Waals surface area contributed by atoms with Gasteiger partial charge in [-0.2, -0.15) is 0 Å². The molecule has 5 rings (SSSR count). The number of amides is 2. The molecule has 1 aromatic heterocycles. The quantitative estimate of drug-likeness (QED) is 0.470. The molecule has 3 fully saturated rings. The van der Waals surface area contributed by atoms with Crippen LogP contribution in [0.1, 0.15) is 52.6 Å². The maximum absolute atomic E-state index is 14.1. The van der Waals surface area contributed by atoms with Crippen molar-refractivity contribution in [1.82, 2.24) is 29.8 Å². The summed E-state index contributed by atoms with van der Waals surface area (Å²) in [6.45, 7) is 7.53. The topological polar surface area (TPSA) is 125 Å². The number of benzene rings is 1. The molecule has 2 unspecified atom stereocenters. The van der Waals surface area contributed by atoms with Gasteiger partial charge in [-0.1, -0.05) is 12.1 Å². The number of nitrogens with zero attached hydrogens (tertiary/aromatic N) is 4. The Labute approximate surface area is 234 Å². The fourth-order valence-corrected chi connectivity index (χ4v) is 7.17. The van der Waals surface area contributed by atoms with Crippen molar-refractivity contribution in [1.29, 1.82) is 0 Å². The average molecular weight is 573 g/mol. The van der Waals surface area contributed by atoms with Crippen LogP contribution in [0.15, 0.2) is 30.6 Å². The summed E-state index contributed by atoms with van der Waals surface area (Å²) in [5, 5.41) is 3.10. The van der Waals surface area contributed by atoms with Gasteiger partial charge in [-0.25, -0.2) is 27.5 Å². The lowest BCUT2D eigenvalue weighted by atomic mass is 9.80. The standard InChI is InChI=1S/C28H37FN6O4S/c1-17-26(18(2)31-16-30-17)28(37)35-14-21-12-34(13-22(21)15-35)8-7-25(19-5-4-6-23(29)9-19)32-27(36)20-10-24(11-20)33-40(3,38)39/h4-6,9,16,20-22,24-25,33H,7-8,10-15H2,1-3H3,(H,32,36)/t20?,21?,22?,24?,25-/m0/s1. The van der Waals surface area contributed by atoms with Gasteiger partial charge in [0, 0.05) is 44.7 Å². The SMILES string of the molecule is Cc1ncnc(C)c1C(=O)N1CC2CN(CC[C@H](NC(=O)C3CC(NS(C)(=O)=O)C3)c3cccc(F)c3)CC2C1. The number of rotatable bonds is 9. The summed E-state index contributed by atoms with van der Waals surface area (Å²) < 4.78 is 39.5. The molecule has 0 bridgehead atoms. The molecule has 12 heteroatoms. The third kappa shape index (κ3) is 6.50. The number of carbonyl (C=O) groups excluding carboxylic acids is 2. The Hall–Kier alpha value is -2.96. The van der Waals surface area contributed by atoms with Crippen molar-refractivity contribution in [2.75, 3.05) is 39.0 Å². The Morgan fingerprint density at radius 3 is 2.33 bits per heavy atom. The van der Waals surface area contributed by atoms with Crippen molar-refractivity contribution in [3.63, 3.8) is 0 Å². The molecular weight excluding hydrogens is 535 g/mol. The first-order valence-corrected chi connectivity index (χ1v) is 15.7. The first-order valence-electron chi connectivity index (χ1n) is 13.8. The molecule has 3 aliphatic rings. The Balaban J connectivity index is 1.16. The summed E-state index contributed by atoms with van der Waals surface area (Å²) in [4.78, 5) is 38.9. The summed E-state index contributed by atoms with van der Waals surface area (Å²) in [5.41, 5.74) is 2.71. The maximum atomic E-state index is 14.1. The highest BCUT2D eigenvalue weighted by molar-refractivity contribution is 7.88. The molecule has 2 aromatic rings. The van der Waals surface area contributed by atoms with E-state index in [0.717, 1.165) is 25.9 Å². The van der Waals surface area contributed by atoms with Crippen molar-refractivity contribution in [3.05, 3.63) is 58.9 Å². The summed E-state index contributed by atoms with van der Waals surface area (Å²) in [6, 6.07) is 5.73. The maximum Gasteiger partial charge on any atom is 0.257 e. The van der Waals surface area contributed by atoms with Crippen LogP contribution in [0, 0.1) is 37.4 Å². The predicted octanol–water partition coefficient (Wildman–Crippen LogP) is 1.81. The number of halogens is 1. The second-order valence-corrected chi connectivity index (χ2v) is 13.3. The summed E-state index contributed by atoms with van der Waals surface area (Å²) >= 11 is 0. The molecule has 1 saturated carbocycles. The average Bonchev–Trinajstić information content (AvgIpc) is 3.42. The Morgan fingerprint density at radius 2 is 1.73 bits per heavy atom. The van der Waals surface area contributed by atoms with E-state index < -0.39 is 10.0 Å². The summed E-state index contributed by atoms with van der Waals surface area (Å²) in [7, 11) is -3.31. The van der Waals surface area contributed by atoms with Crippen LogP contribution >= 0.6 is 0 Å². The van der Waals surface area contributed by atoms with E-state index in [1.807, 2.05) is 24.8 Å². The summed E-state index contributed by atoms with van der Waals surface area (Å²) in [6.07, 6.45) is 4.12. The molecule has 2 aliphatic heterocycles. The van der Waals surface area contributed by atoms with Crippen LogP contribution in [0.25, 0.3) is 0 Å². The largest absolute Gasteiger partial charge is 0.349 e. The summed E-state index contributed by atoms with van der Waals surface area (Å²) in [5.74, 6) is -0.00437. The fourth-order valence-electron chi connectivity index (χ4n) is 6.38. The van der Waals surface area contributed by atoms with Gasteiger partial charge in [0.1, 0.15) is 12.1 Å². The zero-order chi connectivity index (χ0) is 28.6. The molecule has 3 atom stereocenters. The third-order valence-corrected chi connectivity index (χ3v) is 9.24. The molecule has 2 N–H and O–H groups in total. The molecule has 10 nitrogen and oxygen atoms in total. The second kappa shape index (κ2) is 11.5. The Morgan fingerprint density at radius 1 is 1.07 bits per heavy atom. The van der Waals surface area contributed by atoms with E-state index in [9.17, 15) is 22.4 Å². The molecule has 3 heterocycles. The van der Waals surface area contributed by atoms with Gasteiger partial charge < -0.3 is 15.1 Å². The molecule has 0 radical (unpaired) electrons. The number of hydrogen-bond acceptors (Lipinski definition) is 7. The third-order valence-electron chi connectivity index (χ3n) is 8.48. The van der Waals surface area contributed by atoms with E-state index in [-0.39, 0.29) is 35.6 Å². The first-order chi connectivity index (χ1) is 19.0. The molecule has 2 saturated heterocycles. The van der Waals surface area contributed by atoms with Crippen LogP contribution in [0.4, 0.5) is 4.39 Å². The molecule has 2 amide bonds. The predicted molar refractivity (Wildman–Crippen MR) is 147 cm³/mol. The number of aromatic nitrogens is 2. The Kier molecular flexibility index (Phi) is 8.21. The minimum absolute atomic E-state index is 0.00426. The van der Waals surface area contributed by atoms with Crippen molar-refractivity contribution in [2.45, 2.75) is 45.2 Å². The normalized spacial score (nSPS) is 25.4. The second-order valence-electron chi connectivity index (χ2n) is 11.6. The van der Waals surface area contributed by atoms with Gasteiger partial charge in [0.15, 0.2) is 0 Å². The lowest BCUT2D eigenvalue weighted by Crippen LogP contribution is -2.49. The van der Waals surface area contributed by atoms with Crippen LogP contribution < -0.4 is 10.0 Å². The zero-order valence-corrected chi connectivity index (χ0v) is 24.0. The lowest BCUT2D eigenvalue weighted by molar-refractivity contribution is -0.128. The number of sulfonamides is 1. The van der Waals surface area contributed by atoms with Gasteiger partial charge >= 0.3 is 0 Å². The van der Waals surface area contributed by atoms with Gasteiger partial charge in [0.05, 0.1) is 29.2 Å². The number of likely N-dealkylation sites (tertiary alicyclic amines) is 2. The van der Waals surface area contributed by atoms with E-state index in [0.29, 0.717) is 66.7 Å². The molecule has 1 aliphatic carbocycles. The number of fused-ring (bicyclic) bond motifs is 1. The highest BCUT2D eigenvalue weighted by Gasteiger charge is 2.42. The van der Waals surface area contributed by atoms with Crippen LogP contribution in [-0.4, -0.2) is 85.0 Å². The van der Waals surface area contributed by atoms with Gasteiger partial charge in [0.2, 0.25) is 15.9 Å². The monoisotopic (exact) mass is 572 g/mol. The number of aryl methyl sites for hydroxylation is 2. The fraction of sp³-hybridized carbons (Fsp3) is 0.571. The van der Waals surface area contributed by atoms with Crippen molar-refractivity contribution < 1.29 is 22.4 Å². The molecule has 0 spiro atoms. The highest BCUT2D eigenvalue weighted by Crippen LogP contribution is 2.34. The van der Waals surface area contributed by atoms with E-state index in [1.165, 1.54) is 18.5 Å². The van der Waals surface area contributed by atoms with Crippen molar-refractivity contribution >= 4 is 21.8 Å². The van der Waals surface area contributed by atoms with Gasteiger partial charge in [-0.15, -0.1) is 0 Å². The smallest absolute Gasteiger partial charge is 0.257 e. The zero-order valence-electron chi connectivity index (χ0n) is 23.1. The molecular formula is C28H37FN6O4S. The van der Waals surface area contributed by atoms with Crippen LogP contribution in [0.2, 0.25) is 0 Å². The van der Waals surface area contributed by atoms with Crippen LogP contribution in [-0.2, 0) is 14.8 Å². The van der Waals surface area contributed by atoms with E-state index in [1.54, 1.807) is 6.07 Å². The van der Waals surface area contributed by atoms with Gasteiger partial charge in [-0.3, -0.25) is 9.59 Å².